The number of carbonyl (C=O) groups is 3. The zero-order valence-electron chi connectivity index (χ0n) is 16.3. The molecule has 0 radical (unpaired) electrons. The normalized spacial score (nSPS) is 33.3. The summed E-state index contributed by atoms with van der Waals surface area (Å²) in [5.74, 6) is -0.171. The molecule has 5 aliphatic rings. The summed E-state index contributed by atoms with van der Waals surface area (Å²) in [6.45, 7) is 2.40. The van der Waals surface area contributed by atoms with Gasteiger partial charge in [0.05, 0.1) is 12.2 Å². The van der Waals surface area contributed by atoms with Crippen LogP contribution in [0.2, 0.25) is 0 Å². The number of ether oxygens (including phenoxy) is 1. The standard InChI is InChI=1S/C21H26N4O4/c22-11-21-6-14(7-21)16(10-29-21)23-8-12-1-2-15-13(5-12)9-25(20(15)28)17-3-4-18(26)24-19(17)27/h1-2,5,14,16-17,23H,3-4,6-11,22H2,(H,24,26,27). The molecule has 1 aromatic carbocycles. The van der Waals surface area contributed by atoms with Gasteiger partial charge in [0.15, 0.2) is 0 Å². The molecule has 2 bridgehead atoms. The maximum atomic E-state index is 12.8. The van der Waals surface area contributed by atoms with Gasteiger partial charge in [-0.1, -0.05) is 12.1 Å². The fourth-order valence-corrected chi connectivity index (χ4v) is 5.14. The van der Waals surface area contributed by atoms with Gasteiger partial charge in [-0.05, 0) is 42.4 Å². The SMILES string of the molecule is NCC12CC(C1)C(NCc1ccc3c(c1)CN(C1CCC(=O)NC1=O)C3=O)CO2. The van der Waals surface area contributed by atoms with Crippen molar-refractivity contribution in [3.63, 3.8) is 0 Å². The van der Waals surface area contributed by atoms with E-state index in [9.17, 15) is 14.4 Å². The van der Waals surface area contributed by atoms with Crippen molar-refractivity contribution in [2.75, 3.05) is 13.2 Å². The van der Waals surface area contributed by atoms with Crippen molar-refractivity contribution in [3.8, 4) is 0 Å². The molecule has 1 aliphatic carbocycles. The van der Waals surface area contributed by atoms with E-state index in [4.69, 9.17) is 10.5 Å². The highest BCUT2D eigenvalue weighted by atomic mass is 16.5. The molecule has 0 spiro atoms. The number of piperidine rings is 1. The van der Waals surface area contributed by atoms with Crippen molar-refractivity contribution >= 4 is 17.7 Å². The molecule has 1 saturated carbocycles. The molecule has 0 aromatic heterocycles. The predicted molar refractivity (Wildman–Crippen MR) is 104 cm³/mol. The van der Waals surface area contributed by atoms with Crippen molar-refractivity contribution in [1.82, 2.24) is 15.5 Å². The van der Waals surface area contributed by atoms with Crippen LogP contribution in [0.1, 0.15) is 47.2 Å². The van der Waals surface area contributed by atoms with Gasteiger partial charge in [0.1, 0.15) is 6.04 Å². The van der Waals surface area contributed by atoms with Crippen LogP contribution in [0.15, 0.2) is 18.2 Å². The highest BCUT2D eigenvalue weighted by Crippen LogP contribution is 2.46. The van der Waals surface area contributed by atoms with Gasteiger partial charge in [0.2, 0.25) is 11.8 Å². The first-order chi connectivity index (χ1) is 14.0. The molecule has 6 rings (SSSR count). The number of carbonyl (C=O) groups excluding carboxylic acids is 3. The zero-order valence-corrected chi connectivity index (χ0v) is 16.3. The maximum Gasteiger partial charge on any atom is 0.255 e. The average Bonchev–Trinajstić information content (AvgIpc) is 3.01. The number of nitrogens with zero attached hydrogens (tertiary/aromatic N) is 1. The van der Waals surface area contributed by atoms with Crippen LogP contribution in [0.5, 0.6) is 0 Å². The van der Waals surface area contributed by atoms with Crippen LogP contribution in [0.3, 0.4) is 0 Å². The number of nitrogens with two attached hydrogens (primary N) is 1. The van der Waals surface area contributed by atoms with E-state index in [1.165, 1.54) is 0 Å². The number of hydrogen-bond acceptors (Lipinski definition) is 6. The summed E-state index contributed by atoms with van der Waals surface area (Å²) in [7, 11) is 0. The number of amides is 3. The number of fused-ring (bicyclic) bond motifs is 3. The highest BCUT2D eigenvalue weighted by molar-refractivity contribution is 6.05. The first kappa shape index (κ1) is 18.7. The topological polar surface area (TPSA) is 114 Å². The van der Waals surface area contributed by atoms with Crippen LogP contribution >= 0.6 is 0 Å². The molecule has 8 heteroatoms. The molecular formula is C21H26N4O4. The Morgan fingerprint density at radius 2 is 2.10 bits per heavy atom. The molecule has 3 saturated heterocycles. The molecule has 4 heterocycles. The van der Waals surface area contributed by atoms with Crippen molar-refractivity contribution < 1.29 is 19.1 Å². The third kappa shape index (κ3) is 3.15. The Hall–Kier alpha value is -2.29. The summed E-state index contributed by atoms with van der Waals surface area (Å²) in [4.78, 5) is 37.9. The Morgan fingerprint density at radius 1 is 1.28 bits per heavy atom. The van der Waals surface area contributed by atoms with Crippen molar-refractivity contribution in [2.24, 2.45) is 11.7 Å². The van der Waals surface area contributed by atoms with Crippen molar-refractivity contribution in [3.05, 3.63) is 34.9 Å². The quantitative estimate of drug-likeness (QED) is 0.604. The number of imide groups is 1. The molecule has 2 atom stereocenters. The number of hydrogen-bond donors (Lipinski definition) is 3. The van der Waals surface area contributed by atoms with Gasteiger partial charge in [0, 0.05) is 37.7 Å². The van der Waals surface area contributed by atoms with Crippen LogP contribution < -0.4 is 16.4 Å². The third-order valence-electron chi connectivity index (χ3n) is 6.93. The summed E-state index contributed by atoms with van der Waals surface area (Å²) in [6.07, 6.45) is 2.70. The molecule has 8 nitrogen and oxygen atoms in total. The fraction of sp³-hybridized carbons (Fsp3) is 0.571. The Morgan fingerprint density at radius 3 is 2.79 bits per heavy atom. The zero-order chi connectivity index (χ0) is 20.2. The first-order valence-corrected chi connectivity index (χ1v) is 10.3. The summed E-state index contributed by atoms with van der Waals surface area (Å²) >= 11 is 0. The van der Waals surface area contributed by atoms with Gasteiger partial charge in [-0.3, -0.25) is 19.7 Å². The Labute approximate surface area is 169 Å². The van der Waals surface area contributed by atoms with E-state index < -0.39 is 6.04 Å². The fourth-order valence-electron chi connectivity index (χ4n) is 5.14. The predicted octanol–water partition coefficient (Wildman–Crippen LogP) is 0.0435. The van der Waals surface area contributed by atoms with Crippen molar-refractivity contribution in [2.45, 2.75) is 56.5 Å². The van der Waals surface area contributed by atoms with Gasteiger partial charge in [-0.25, -0.2) is 0 Å². The van der Waals surface area contributed by atoms with E-state index in [0.717, 1.165) is 24.0 Å². The Bertz CT molecular complexity index is 874. The van der Waals surface area contributed by atoms with Crippen LogP contribution in [0.25, 0.3) is 0 Å². The van der Waals surface area contributed by atoms with Gasteiger partial charge in [-0.2, -0.15) is 0 Å². The lowest BCUT2D eigenvalue weighted by Crippen LogP contribution is -2.64. The average molecular weight is 398 g/mol. The summed E-state index contributed by atoms with van der Waals surface area (Å²) in [5, 5.41) is 5.92. The lowest BCUT2D eigenvalue weighted by atomic mass is 9.65. The minimum atomic E-state index is -0.574. The summed E-state index contributed by atoms with van der Waals surface area (Å²) in [5.41, 5.74) is 8.43. The molecule has 4 fully saturated rings. The molecule has 4 aliphatic heterocycles. The molecule has 1 aromatic rings. The highest BCUT2D eigenvalue weighted by Gasteiger charge is 2.51. The van der Waals surface area contributed by atoms with Gasteiger partial charge in [-0.15, -0.1) is 0 Å². The summed E-state index contributed by atoms with van der Waals surface area (Å²) < 4.78 is 5.97. The van der Waals surface area contributed by atoms with Crippen LogP contribution in [0.4, 0.5) is 0 Å². The van der Waals surface area contributed by atoms with Crippen molar-refractivity contribution in [1.29, 1.82) is 0 Å². The number of rotatable bonds is 5. The Kier molecular flexibility index (Phi) is 4.45. The molecular weight excluding hydrogens is 372 g/mol. The second-order valence-corrected chi connectivity index (χ2v) is 8.75. The maximum absolute atomic E-state index is 12.8. The molecule has 3 amide bonds. The minimum absolute atomic E-state index is 0.0732. The molecule has 4 N–H and O–H groups in total. The molecule has 2 unspecified atom stereocenters. The van der Waals surface area contributed by atoms with E-state index in [1.54, 1.807) is 4.90 Å². The van der Waals surface area contributed by atoms with E-state index in [2.05, 4.69) is 10.6 Å². The van der Waals surface area contributed by atoms with E-state index in [0.29, 0.717) is 50.2 Å². The van der Waals surface area contributed by atoms with Gasteiger partial charge < -0.3 is 20.7 Å². The van der Waals surface area contributed by atoms with Crippen LogP contribution in [-0.2, 0) is 27.4 Å². The lowest BCUT2D eigenvalue weighted by molar-refractivity contribution is -0.186. The number of nitrogens with one attached hydrogen (secondary N) is 2. The van der Waals surface area contributed by atoms with Gasteiger partial charge >= 0.3 is 0 Å². The third-order valence-corrected chi connectivity index (χ3v) is 6.93. The van der Waals surface area contributed by atoms with E-state index in [1.807, 2.05) is 18.2 Å². The first-order valence-electron chi connectivity index (χ1n) is 10.3. The summed E-state index contributed by atoms with van der Waals surface area (Å²) in [6, 6.07) is 5.61. The lowest BCUT2D eigenvalue weighted by Gasteiger charge is -2.55. The van der Waals surface area contributed by atoms with E-state index >= 15 is 0 Å². The second kappa shape index (κ2) is 6.90. The van der Waals surface area contributed by atoms with Crippen LogP contribution in [-0.4, -0.2) is 53.5 Å². The monoisotopic (exact) mass is 398 g/mol. The smallest absolute Gasteiger partial charge is 0.255 e. The van der Waals surface area contributed by atoms with E-state index in [-0.39, 0.29) is 29.7 Å². The minimum Gasteiger partial charge on any atom is -0.372 e. The van der Waals surface area contributed by atoms with Gasteiger partial charge in [0.25, 0.3) is 5.91 Å². The Balaban J connectivity index is 1.22. The second-order valence-electron chi connectivity index (χ2n) is 8.75. The molecule has 154 valence electrons. The molecule has 29 heavy (non-hydrogen) atoms. The largest absolute Gasteiger partial charge is 0.372 e. The van der Waals surface area contributed by atoms with Crippen LogP contribution in [0, 0.1) is 5.92 Å². The number of benzene rings is 1.